The van der Waals surface area contributed by atoms with Crippen molar-refractivity contribution >= 4 is 28.2 Å². The SMILES string of the molecule is C=CC(=O)Nc1cccc(-c2ccc3cnc(N)cc3c2)c1. The average Bonchev–Trinajstić information content (AvgIpc) is 2.54. The van der Waals surface area contributed by atoms with Crippen molar-refractivity contribution in [1.82, 2.24) is 4.98 Å². The van der Waals surface area contributed by atoms with Gasteiger partial charge in [-0.2, -0.15) is 0 Å². The number of pyridine rings is 1. The molecule has 3 N–H and O–H groups in total. The minimum Gasteiger partial charge on any atom is -0.384 e. The van der Waals surface area contributed by atoms with E-state index in [1.165, 1.54) is 6.08 Å². The number of nitrogens with one attached hydrogen (secondary N) is 1. The van der Waals surface area contributed by atoms with Crippen LogP contribution in [-0.4, -0.2) is 10.9 Å². The van der Waals surface area contributed by atoms with Crippen LogP contribution in [0, 0.1) is 0 Å². The van der Waals surface area contributed by atoms with Gasteiger partial charge >= 0.3 is 0 Å². The Morgan fingerprint density at radius 3 is 2.73 bits per heavy atom. The van der Waals surface area contributed by atoms with Crippen LogP contribution in [0.15, 0.2) is 67.4 Å². The van der Waals surface area contributed by atoms with Crippen LogP contribution in [0.4, 0.5) is 11.5 Å². The van der Waals surface area contributed by atoms with E-state index >= 15 is 0 Å². The first-order valence-corrected chi connectivity index (χ1v) is 6.85. The van der Waals surface area contributed by atoms with Crippen molar-refractivity contribution in [2.24, 2.45) is 0 Å². The maximum absolute atomic E-state index is 11.4. The molecule has 22 heavy (non-hydrogen) atoms. The van der Waals surface area contributed by atoms with Gasteiger partial charge in [-0.15, -0.1) is 0 Å². The summed E-state index contributed by atoms with van der Waals surface area (Å²) in [4.78, 5) is 15.5. The summed E-state index contributed by atoms with van der Waals surface area (Å²) < 4.78 is 0. The number of carbonyl (C=O) groups excluding carboxylic acids is 1. The Balaban J connectivity index is 2.01. The van der Waals surface area contributed by atoms with Gasteiger partial charge in [0, 0.05) is 17.3 Å². The first-order valence-electron chi connectivity index (χ1n) is 6.85. The van der Waals surface area contributed by atoms with Gasteiger partial charge in [-0.25, -0.2) is 4.98 Å². The maximum atomic E-state index is 11.4. The molecule has 1 aromatic heterocycles. The fraction of sp³-hybridized carbons (Fsp3) is 0. The molecule has 0 aliphatic heterocycles. The van der Waals surface area contributed by atoms with E-state index in [1.807, 2.05) is 42.5 Å². The number of carbonyl (C=O) groups is 1. The summed E-state index contributed by atoms with van der Waals surface area (Å²) in [6.07, 6.45) is 3.01. The summed E-state index contributed by atoms with van der Waals surface area (Å²) in [5, 5.41) is 4.83. The van der Waals surface area contributed by atoms with Crippen LogP contribution >= 0.6 is 0 Å². The highest BCUT2D eigenvalue weighted by atomic mass is 16.1. The minimum atomic E-state index is -0.227. The molecule has 108 valence electrons. The molecule has 0 aliphatic rings. The van der Waals surface area contributed by atoms with E-state index in [0.717, 1.165) is 27.6 Å². The van der Waals surface area contributed by atoms with Gasteiger partial charge in [-0.1, -0.05) is 30.8 Å². The van der Waals surface area contributed by atoms with Gasteiger partial charge in [-0.05, 0) is 46.9 Å². The van der Waals surface area contributed by atoms with E-state index in [4.69, 9.17) is 5.73 Å². The Hall–Kier alpha value is -3.14. The Bertz CT molecular complexity index is 871. The Labute approximate surface area is 128 Å². The fourth-order valence-electron chi connectivity index (χ4n) is 2.31. The molecule has 0 saturated carbocycles. The molecule has 0 bridgehead atoms. The molecule has 0 unspecified atom stereocenters. The molecule has 0 spiro atoms. The van der Waals surface area contributed by atoms with Crippen LogP contribution in [-0.2, 0) is 4.79 Å². The van der Waals surface area contributed by atoms with Gasteiger partial charge in [-0.3, -0.25) is 4.79 Å². The number of amides is 1. The van der Waals surface area contributed by atoms with E-state index in [9.17, 15) is 4.79 Å². The lowest BCUT2D eigenvalue weighted by molar-refractivity contribution is -0.111. The summed E-state index contributed by atoms with van der Waals surface area (Å²) in [6, 6.07) is 15.6. The van der Waals surface area contributed by atoms with Crippen molar-refractivity contribution in [3.05, 3.63) is 67.4 Å². The van der Waals surface area contributed by atoms with Crippen molar-refractivity contribution < 1.29 is 4.79 Å². The van der Waals surface area contributed by atoms with Crippen LogP contribution in [0.1, 0.15) is 0 Å². The Kier molecular flexibility index (Phi) is 3.58. The number of rotatable bonds is 3. The van der Waals surface area contributed by atoms with Crippen LogP contribution in [0.2, 0.25) is 0 Å². The summed E-state index contributed by atoms with van der Waals surface area (Å²) in [6.45, 7) is 3.45. The molecule has 1 amide bonds. The van der Waals surface area contributed by atoms with Crippen molar-refractivity contribution in [2.45, 2.75) is 0 Å². The molecule has 3 rings (SSSR count). The van der Waals surface area contributed by atoms with Crippen LogP contribution in [0.25, 0.3) is 21.9 Å². The van der Waals surface area contributed by atoms with Crippen molar-refractivity contribution in [3.8, 4) is 11.1 Å². The van der Waals surface area contributed by atoms with Gasteiger partial charge in [0.25, 0.3) is 0 Å². The number of aromatic nitrogens is 1. The average molecular weight is 289 g/mol. The Morgan fingerprint density at radius 1 is 1.09 bits per heavy atom. The molecular weight excluding hydrogens is 274 g/mol. The number of fused-ring (bicyclic) bond motifs is 1. The number of hydrogen-bond donors (Lipinski definition) is 2. The second-order valence-corrected chi connectivity index (χ2v) is 4.95. The highest BCUT2D eigenvalue weighted by Crippen LogP contribution is 2.26. The lowest BCUT2D eigenvalue weighted by atomic mass is 10.0. The van der Waals surface area contributed by atoms with Crippen LogP contribution in [0.3, 0.4) is 0 Å². The summed E-state index contributed by atoms with van der Waals surface area (Å²) in [7, 11) is 0. The molecule has 0 fully saturated rings. The van der Waals surface area contributed by atoms with E-state index in [0.29, 0.717) is 5.82 Å². The predicted octanol–water partition coefficient (Wildman–Crippen LogP) is 3.61. The van der Waals surface area contributed by atoms with Crippen molar-refractivity contribution in [3.63, 3.8) is 0 Å². The smallest absolute Gasteiger partial charge is 0.247 e. The minimum absolute atomic E-state index is 0.227. The first-order chi connectivity index (χ1) is 10.7. The third kappa shape index (κ3) is 2.81. The monoisotopic (exact) mass is 289 g/mol. The first kappa shape index (κ1) is 13.8. The zero-order valence-corrected chi connectivity index (χ0v) is 11.9. The van der Waals surface area contributed by atoms with Gasteiger partial charge in [0.2, 0.25) is 5.91 Å². The van der Waals surface area contributed by atoms with Crippen molar-refractivity contribution in [2.75, 3.05) is 11.1 Å². The third-order valence-electron chi connectivity index (χ3n) is 3.39. The number of nitrogens with zero attached hydrogens (tertiary/aromatic N) is 1. The largest absolute Gasteiger partial charge is 0.384 e. The maximum Gasteiger partial charge on any atom is 0.247 e. The molecule has 0 radical (unpaired) electrons. The van der Waals surface area contributed by atoms with Crippen LogP contribution < -0.4 is 11.1 Å². The molecular formula is C18H15N3O. The van der Waals surface area contributed by atoms with Gasteiger partial charge in [0.05, 0.1) is 0 Å². The zero-order chi connectivity index (χ0) is 15.5. The van der Waals surface area contributed by atoms with Crippen molar-refractivity contribution in [1.29, 1.82) is 0 Å². The second-order valence-electron chi connectivity index (χ2n) is 4.95. The Morgan fingerprint density at radius 2 is 1.91 bits per heavy atom. The number of hydrogen-bond acceptors (Lipinski definition) is 3. The molecule has 0 atom stereocenters. The highest BCUT2D eigenvalue weighted by Gasteiger charge is 2.03. The van der Waals surface area contributed by atoms with Gasteiger partial charge in [0.1, 0.15) is 5.82 Å². The fourth-order valence-corrected chi connectivity index (χ4v) is 2.31. The van der Waals surface area contributed by atoms with E-state index in [-0.39, 0.29) is 5.91 Å². The number of benzene rings is 2. The lowest BCUT2D eigenvalue weighted by Gasteiger charge is -2.07. The molecule has 4 heteroatoms. The lowest BCUT2D eigenvalue weighted by Crippen LogP contribution is -2.06. The molecule has 4 nitrogen and oxygen atoms in total. The molecule has 0 saturated heterocycles. The topological polar surface area (TPSA) is 68.0 Å². The van der Waals surface area contributed by atoms with Crippen LogP contribution in [0.5, 0.6) is 0 Å². The van der Waals surface area contributed by atoms with Gasteiger partial charge < -0.3 is 11.1 Å². The van der Waals surface area contributed by atoms with E-state index in [2.05, 4.69) is 22.9 Å². The zero-order valence-electron chi connectivity index (χ0n) is 11.9. The molecule has 0 aliphatic carbocycles. The highest BCUT2D eigenvalue weighted by molar-refractivity contribution is 5.99. The molecule has 2 aromatic carbocycles. The summed E-state index contributed by atoms with van der Waals surface area (Å²) >= 11 is 0. The standard InChI is InChI=1S/C18H15N3O/c1-2-18(22)21-16-5-3-4-12(9-16)13-6-7-14-11-20-17(19)10-15(14)8-13/h2-11H,1H2,(H2,19,20)(H,21,22). The normalized spacial score (nSPS) is 10.4. The second kappa shape index (κ2) is 5.69. The number of nitrogens with two attached hydrogens (primary N) is 1. The van der Waals surface area contributed by atoms with E-state index < -0.39 is 0 Å². The summed E-state index contributed by atoms with van der Waals surface area (Å²) in [5.41, 5.74) is 8.53. The van der Waals surface area contributed by atoms with Gasteiger partial charge in [0.15, 0.2) is 0 Å². The number of nitrogen functional groups attached to an aromatic ring is 1. The number of anilines is 2. The summed E-state index contributed by atoms with van der Waals surface area (Å²) in [5.74, 6) is 0.270. The molecule has 1 heterocycles. The quantitative estimate of drug-likeness (QED) is 0.724. The van der Waals surface area contributed by atoms with E-state index in [1.54, 1.807) is 6.20 Å². The molecule has 3 aromatic rings. The predicted molar refractivity (Wildman–Crippen MR) is 90.4 cm³/mol. The third-order valence-corrected chi connectivity index (χ3v) is 3.39.